The molecule has 0 saturated carbocycles. The summed E-state index contributed by atoms with van der Waals surface area (Å²) in [5.74, 6) is 0. The molecule has 0 saturated heterocycles. The molecular weight excluding hydrogens is 238 g/mol. The van der Waals surface area contributed by atoms with Crippen molar-refractivity contribution in [2.24, 2.45) is 5.73 Å². The number of aryl methyl sites for hydroxylation is 1. The number of nitrogens with two attached hydrogens (primary N) is 1. The molecule has 4 heteroatoms. The van der Waals surface area contributed by atoms with E-state index < -0.39 is 0 Å². The van der Waals surface area contributed by atoms with Crippen LogP contribution in [0.1, 0.15) is 26.5 Å². The molecule has 19 heavy (non-hydrogen) atoms. The minimum Gasteiger partial charge on any atom is -0.377 e. The molecule has 1 aromatic carbocycles. The van der Waals surface area contributed by atoms with Crippen LogP contribution in [0.15, 0.2) is 24.3 Å². The number of benzene rings is 1. The first-order chi connectivity index (χ1) is 9.17. The van der Waals surface area contributed by atoms with Gasteiger partial charge >= 0.3 is 0 Å². The van der Waals surface area contributed by atoms with Crippen molar-refractivity contribution < 1.29 is 4.74 Å². The monoisotopic (exact) mass is 261 g/mol. The summed E-state index contributed by atoms with van der Waals surface area (Å²) in [6.45, 7) is 7.68. The first-order valence-electron chi connectivity index (χ1n) is 6.99. The zero-order valence-corrected chi connectivity index (χ0v) is 12.0. The van der Waals surface area contributed by atoms with Gasteiger partial charge in [-0.1, -0.05) is 18.2 Å². The van der Waals surface area contributed by atoms with Crippen molar-refractivity contribution >= 4 is 10.9 Å². The zero-order valence-electron chi connectivity index (χ0n) is 12.0. The standard InChI is InChI=1S/C15H23N3O/c1-4-18-15-9-7-6-8-12(15)14(17-18)10-13(16)11(3)19-5-2/h6-9,11,13H,4-5,10,16H2,1-3H3. The van der Waals surface area contributed by atoms with Crippen LogP contribution in [0.25, 0.3) is 10.9 Å². The quantitative estimate of drug-likeness (QED) is 0.868. The van der Waals surface area contributed by atoms with Crippen molar-refractivity contribution in [1.29, 1.82) is 0 Å². The molecule has 0 fully saturated rings. The summed E-state index contributed by atoms with van der Waals surface area (Å²) in [5.41, 5.74) is 8.45. The summed E-state index contributed by atoms with van der Waals surface area (Å²) >= 11 is 0. The SMILES string of the molecule is CCOC(C)C(N)Cc1nn(CC)c2ccccc12. The summed E-state index contributed by atoms with van der Waals surface area (Å²) in [5, 5.41) is 5.87. The van der Waals surface area contributed by atoms with Crippen LogP contribution in [0, 0.1) is 0 Å². The van der Waals surface area contributed by atoms with Crippen LogP contribution in [-0.2, 0) is 17.7 Å². The largest absolute Gasteiger partial charge is 0.377 e. The molecule has 0 bridgehead atoms. The number of para-hydroxylation sites is 1. The predicted octanol–water partition coefficient (Wildman–Crippen LogP) is 2.35. The van der Waals surface area contributed by atoms with Crippen molar-refractivity contribution in [3.8, 4) is 0 Å². The number of ether oxygens (including phenoxy) is 1. The Morgan fingerprint density at radius 3 is 2.74 bits per heavy atom. The minimum atomic E-state index is -0.0245. The summed E-state index contributed by atoms with van der Waals surface area (Å²) in [7, 11) is 0. The fourth-order valence-electron chi connectivity index (χ4n) is 2.36. The van der Waals surface area contributed by atoms with Crippen molar-refractivity contribution in [3.05, 3.63) is 30.0 Å². The van der Waals surface area contributed by atoms with Gasteiger partial charge in [0.2, 0.25) is 0 Å². The van der Waals surface area contributed by atoms with Gasteiger partial charge in [0.05, 0.1) is 17.3 Å². The van der Waals surface area contributed by atoms with E-state index in [1.165, 1.54) is 10.9 Å². The lowest BCUT2D eigenvalue weighted by Crippen LogP contribution is -2.36. The third-order valence-corrected chi connectivity index (χ3v) is 3.50. The fraction of sp³-hybridized carbons (Fsp3) is 0.533. The van der Waals surface area contributed by atoms with Gasteiger partial charge in [0.1, 0.15) is 0 Å². The molecule has 0 aliphatic heterocycles. The van der Waals surface area contributed by atoms with Crippen LogP contribution < -0.4 is 5.73 Å². The van der Waals surface area contributed by atoms with E-state index in [0.717, 1.165) is 18.7 Å². The average molecular weight is 261 g/mol. The predicted molar refractivity (Wildman–Crippen MR) is 78.2 cm³/mol. The highest BCUT2D eigenvalue weighted by molar-refractivity contribution is 5.82. The number of aromatic nitrogens is 2. The second kappa shape index (κ2) is 6.17. The highest BCUT2D eigenvalue weighted by Gasteiger charge is 2.17. The lowest BCUT2D eigenvalue weighted by molar-refractivity contribution is 0.0575. The molecule has 0 spiro atoms. The van der Waals surface area contributed by atoms with Gasteiger partial charge < -0.3 is 10.5 Å². The van der Waals surface area contributed by atoms with Gasteiger partial charge in [0.25, 0.3) is 0 Å². The molecule has 0 amide bonds. The van der Waals surface area contributed by atoms with Crippen molar-refractivity contribution in [1.82, 2.24) is 9.78 Å². The number of nitrogens with zero attached hydrogens (tertiary/aromatic N) is 2. The van der Waals surface area contributed by atoms with Crippen LogP contribution in [0.2, 0.25) is 0 Å². The normalized spacial score (nSPS) is 14.7. The molecule has 2 rings (SSSR count). The van der Waals surface area contributed by atoms with Crippen molar-refractivity contribution in [2.75, 3.05) is 6.61 Å². The smallest absolute Gasteiger partial charge is 0.0719 e. The third kappa shape index (κ3) is 2.96. The van der Waals surface area contributed by atoms with E-state index in [9.17, 15) is 0 Å². The number of fused-ring (bicyclic) bond motifs is 1. The van der Waals surface area contributed by atoms with Gasteiger partial charge in [0, 0.05) is 31.0 Å². The number of rotatable bonds is 6. The summed E-state index contributed by atoms with van der Waals surface area (Å²) in [6.07, 6.45) is 0.796. The maximum Gasteiger partial charge on any atom is 0.0719 e. The molecule has 1 heterocycles. The Kier molecular flexibility index (Phi) is 4.56. The Labute approximate surface area is 114 Å². The fourth-order valence-corrected chi connectivity index (χ4v) is 2.36. The third-order valence-electron chi connectivity index (χ3n) is 3.50. The van der Waals surface area contributed by atoms with E-state index in [1.807, 2.05) is 30.7 Å². The van der Waals surface area contributed by atoms with E-state index in [2.05, 4.69) is 24.2 Å². The molecule has 4 nitrogen and oxygen atoms in total. The molecule has 2 N–H and O–H groups in total. The minimum absolute atomic E-state index is 0.0245. The van der Waals surface area contributed by atoms with Crippen LogP contribution in [0.4, 0.5) is 0 Å². The number of hydrogen-bond acceptors (Lipinski definition) is 3. The molecule has 0 aliphatic rings. The highest BCUT2D eigenvalue weighted by atomic mass is 16.5. The number of hydrogen-bond donors (Lipinski definition) is 1. The van der Waals surface area contributed by atoms with E-state index in [1.54, 1.807) is 0 Å². The second-order valence-corrected chi connectivity index (χ2v) is 4.81. The molecule has 2 aromatic rings. The van der Waals surface area contributed by atoms with E-state index >= 15 is 0 Å². The van der Waals surface area contributed by atoms with E-state index in [0.29, 0.717) is 6.61 Å². The zero-order chi connectivity index (χ0) is 13.8. The molecule has 0 aliphatic carbocycles. The summed E-state index contributed by atoms with van der Waals surface area (Å²) in [6, 6.07) is 8.28. The molecule has 0 radical (unpaired) electrons. The van der Waals surface area contributed by atoms with Gasteiger partial charge in [-0.25, -0.2) is 0 Å². The highest BCUT2D eigenvalue weighted by Crippen LogP contribution is 2.20. The van der Waals surface area contributed by atoms with Crippen LogP contribution in [0.3, 0.4) is 0 Å². The van der Waals surface area contributed by atoms with Crippen LogP contribution >= 0.6 is 0 Å². The Hall–Kier alpha value is -1.39. The first kappa shape index (κ1) is 14.0. The topological polar surface area (TPSA) is 53.1 Å². The van der Waals surface area contributed by atoms with E-state index in [-0.39, 0.29) is 12.1 Å². The van der Waals surface area contributed by atoms with Gasteiger partial charge in [-0.3, -0.25) is 4.68 Å². The van der Waals surface area contributed by atoms with Gasteiger partial charge in [-0.05, 0) is 26.8 Å². The van der Waals surface area contributed by atoms with Crippen LogP contribution in [-0.4, -0.2) is 28.5 Å². The Balaban J connectivity index is 2.25. The molecular formula is C15H23N3O. The van der Waals surface area contributed by atoms with Crippen molar-refractivity contribution in [3.63, 3.8) is 0 Å². The van der Waals surface area contributed by atoms with Crippen LogP contribution in [0.5, 0.6) is 0 Å². The van der Waals surface area contributed by atoms with Gasteiger partial charge in [-0.15, -0.1) is 0 Å². The lowest BCUT2D eigenvalue weighted by Gasteiger charge is -2.18. The first-order valence-corrected chi connectivity index (χ1v) is 6.99. The summed E-state index contributed by atoms with van der Waals surface area (Å²) < 4.78 is 7.59. The maximum absolute atomic E-state index is 6.20. The van der Waals surface area contributed by atoms with E-state index in [4.69, 9.17) is 10.5 Å². The maximum atomic E-state index is 6.20. The second-order valence-electron chi connectivity index (χ2n) is 4.81. The Bertz CT molecular complexity index is 535. The average Bonchev–Trinajstić information content (AvgIpc) is 2.77. The summed E-state index contributed by atoms with van der Waals surface area (Å²) in [4.78, 5) is 0. The molecule has 2 atom stereocenters. The Morgan fingerprint density at radius 2 is 2.05 bits per heavy atom. The van der Waals surface area contributed by atoms with Crippen molar-refractivity contribution in [2.45, 2.75) is 45.9 Å². The van der Waals surface area contributed by atoms with Gasteiger partial charge in [-0.2, -0.15) is 5.10 Å². The molecule has 1 aromatic heterocycles. The molecule has 104 valence electrons. The molecule has 2 unspecified atom stereocenters. The lowest BCUT2D eigenvalue weighted by atomic mass is 10.0. The van der Waals surface area contributed by atoms with Gasteiger partial charge in [0.15, 0.2) is 0 Å². The Morgan fingerprint density at radius 1 is 1.32 bits per heavy atom.